The highest BCUT2D eigenvalue weighted by Gasteiger charge is 2.31. The van der Waals surface area contributed by atoms with Gasteiger partial charge in [-0.1, -0.05) is 20.8 Å². The molecule has 1 aliphatic heterocycles. The quantitative estimate of drug-likeness (QED) is 0.798. The first-order valence-electron chi connectivity index (χ1n) is 7.16. The molecule has 0 aromatic rings. The van der Waals surface area contributed by atoms with E-state index in [0.717, 1.165) is 25.9 Å². The van der Waals surface area contributed by atoms with Crippen LogP contribution in [0.5, 0.6) is 0 Å². The zero-order valence-electron chi connectivity index (χ0n) is 12.6. The molecule has 0 bridgehead atoms. The molecule has 0 aliphatic carbocycles. The average Bonchev–Trinajstić information content (AvgIpc) is 2.69. The fourth-order valence-corrected chi connectivity index (χ4v) is 2.13. The SMILES string of the molecule is CC[C@@H](C)NC(=O)CCNC(=O)N1CCC(C)(C)C1. The van der Waals surface area contributed by atoms with Crippen LogP contribution in [0.3, 0.4) is 0 Å². The monoisotopic (exact) mass is 269 g/mol. The van der Waals surface area contributed by atoms with Crippen molar-refractivity contribution in [2.45, 2.75) is 53.0 Å². The molecular formula is C14H27N3O2. The molecule has 1 aliphatic rings. The maximum Gasteiger partial charge on any atom is 0.317 e. The van der Waals surface area contributed by atoms with E-state index in [1.165, 1.54) is 0 Å². The third kappa shape index (κ3) is 5.49. The van der Waals surface area contributed by atoms with Crippen LogP contribution in [0.1, 0.15) is 47.0 Å². The molecule has 5 heteroatoms. The van der Waals surface area contributed by atoms with Crippen LogP contribution >= 0.6 is 0 Å². The van der Waals surface area contributed by atoms with Crippen molar-refractivity contribution in [3.05, 3.63) is 0 Å². The van der Waals surface area contributed by atoms with Crippen LogP contribution in [-0.2, 0) is 4.79 Å². The molecule has 1 rings (SSSR count). The van der Waals surface area contributed by atoms with Crippen LogP contribution < -0.4 is 10.6 Å². The van der Waals surface area contributed by atoms with Gasteiger partial charge in [-0.2, -0.15) is 0 Å². The Bertz CT molecular complexity index is 329. The fourth-order valence-electron chi connectivity index (χ4n) is 2.13. The van der Waals surface area contributed by atoms with E-state index in [-0.39, 0.29) is 23.4 Å². The van der Waals surface area contributed by atoms with E-state index in [9.17, 15) is 9.59 Å². The molecule has 1 heterocycles. The molecule has 3 amide bonds. The second kappa shape index (κ2) is 6.78. The maximum atomic E-state index is 11.9. The number of nitrogens with one attached hydrogen (secondary N) is 2. The van der Waals surface area contributed by atoms with Gasteiger partial charge in [-0.3, -0.25) is 4.79 Å². The standard InChI is InChI=1S/C14H27N3O2/c1-5-11(2)16-12(18)6-8-15-13(19)17-9-7-14(3,4)10-17/h11H,5-10H2,1-4H3,(H,15,19)(H,16,18)/t11-/m1/s1. The van der Waals surface area contributed by atoms with Gasteiger partial charge in [0, 0.05) is 32.1 Å². The van der Waals surface area contributed by atoms with Crippen molar-refractivity contribution in [1.82, 2.24) is 15.5 Å². The Kier molecular flexibility index (Phi) is 5.63. The minimum Gasteiger partial charge on any atom is -0.354 e. The number of urea groups is 1. The van der Waals surface area contributed by atoms with E-state index in [1.54, 1.807) is 0 Å². The van der Waals surface area contributed by atoms with Crippen LogP contribution in [-0.4, -0.2) is 42.5 Å². The Morgan fingerprint density at radius 3 is 2.58 bits per heavy atom. The van der Waals surface area contributed by atoms with Crippen molar-refractivity contribution in [2.75, 3.05) is 19.6 Å². The summed E-state index contributed by atoms with van der Waals surface area (Å²) in [5, 5.41) is 5.69. The first-order valence-corrected chi connectivity index (χ1v) is 7.16. The summed E-state index contributed by atoms with van der Waals surface area (Å²) in [6.45, 7) is 10.3. The summed E-state index contributed by atoms with van der Waals surface area (Å²) >= 11 is 0. The molecule has 5 nitrogen and oxygen atoms in total. The Morgan fingerprint density at radius 2 is 2.05 bits per heavy atom. The summed E-state index contributed by atoms with van der Waals surface area (Å²) in [6.07, 6.45) is 2.29. The summed E-state index contributed by atoms with van der Waals surface area (Å²) in [6, 6.07) is 0.143. The highest BCUT2D eigenvalue weighted by atomic mass is 16.2. The molecule has 2 N–H and O–H groups in total. The van der Waals surface area contributed by atoms with Crippen LogP contribution in [0.25, 0.3) is 0 Å². The van der Waals surface area contributed by atoms with Crippen molar-refractivity contribution in [1.29, 1.82) is 0 Å². The third-order valence-electron chi connectivity index (χ3n) is 3.61. The largest absolute Gasteiger partial charge is 0.354 e. The Labute approximate surface area is 116 Å². The fraction of sp³-hybridized carbons (Fsp3) is 0.857. The average molecular weight is 269 g/mol. The van der Waals surface area contributed by atoms with E-state index in [4.69, 9.17) is 0 Å². The van der Waals surface area contributed by atoms with E-state index < -0.39 is 0 Å². The molecule has 0 spiro atoms. The molecule has 0 unspecified atom stereocenters. The van der Waals surface area contributed by atoms with Gasteiger partial charge in [0.15, 0.2) is 0 Å². The first kappa shape index (κ1) is 15.8. The maximum absolute atomic E-state index is 11.9. The van der Waals surface area contributed by atoms with Crippen molar-refractivity contribution in [3.63, 3.8) is 0 Å². The lowest BCUT2D eigenvalue weighted by Gasteiger charge is -2.20. The van der Waals surface area contributed by atoms with Gasteiger partial charge in [-0.25, -0.2) is 4.79 Å². The summed E-state index contributed by atoms with van der Waals surface area (Å²) in [5.41, 5.74) is 0.214. The number of nitrogens with zero attached hydrogens (tertiary/aromatic N) is 1. The van der Waals surface area contributed by atoms with E-state index in [1.807, 2.05) is 18.7 Å². The predicted molar refractivity (Wildman–Crippen MR) is 75.9 cm³/mol. The number of hydrogen-bond donors (Lipinski definition) is 2. The van der Waals surface area contributed by atoms with Crippen molar-refractivity contribution >= 4 is 11.9 Å². The van der Waals surface area contributed by atoms with Crippen LogP contribution in [0.2, 0.25) is 0 Å². The lowest BCUT2D eigenvalue weighted by Crippen LogP contribution is -2.41. The highest BCUT2D eigenvalue weighted by Crippen LogP contribution is 2.28. The van der Waals surface area contributed by atoms with Gasteiger partial charge in [-0.15, -0.1) is 0 Å². The number of amides is 3. The van der Waals surface area contributed by atoms with Crippen molar-refractivity contribution in [3.8, 4) is 0 Å². The van der Waals surface area contributed by atoms with Gasteiger partial charge in [-0.05, 0) is 25.2 Å². The molecular weight excluding hydrogens is 242 g/mol. The summed E-state index contributed by atoms with van der Waals surface area (Å²) < 4.78 is 0. The van der Waals surface area contributed by atoms with Crippen LogP contribution in [0, 0.1) is 5.41 Å². The summed E-state index contributed by atoms with van der Waals surface area (Å²) in [5.74, 6) is -0.00333. The summed E-state index contributed by atoms with van der Waals surface area (Å²) in [4.78, 5) is 25.2. The second-order valence-electron chi connectivity index (χ2n) is 6.19. The predicted octanol–water partition coefficient (Wildman–Crippen LogP) is 1.73. The molecule has 1 atom stereocenters. The van der Waals surface area contributed by atoms with E-state index >= 15 is 0 Å². The van der Waals surface area contributed by atoms with Gasteiger partial charge in [0.1, 0.15) is 0 Å². The lowest BCUT2D eigenvalue weighted by atomic mass is 9.93. The third-order valence-corrected chi connectivity index (χ3v) is 3.61. The second-order valence-corrected chi connectivity index (χ2v) is 6.19. The Hall–Kier alpha value is -1.26. The number of carbonyl (C=O) groups excluding carboxylic acids is 2. The zero-order chi connectivity index (χ0) is 14.5. The number of likely N-dealkylation sites (tertiary alicyclic amines) is 1. The minimum absolute atomic E-state index is 0.00333. The number of rotatable bonds is 5. The van der Waals surface area contributed by atoms with Crippen molar-refractivity contribution in [2.24, 2.45) is 5.41 Å². The smallest absolute Gasteiger partial charge is 0.317 e. The van der Waals surface area contributed by atoms with Gasteiger partial charge in [0.2, 0.25) is 5.91 Å². The number of carbonyl (C=O) groups is 2. The van der Waals surface area contributed by atoms with E-state index in [0.29, 0.717) is 13.0 Å². The topological polar surface area (TPSA) is 61.4 Å². The first-order chi connectivity index (χ1) is 8.84. The number of hydrogen-bond acceptors (Lipinski definition) is 2. The van der Waals surface area contributed by atoms with Crippen LogP contribution in [0.15, 0.2) is 0 Å². The van der Waals surface area contributed by atoms with Gasteiger partial charge in [0.05, 0.1) is 0 Å². The molecule has 0 radical (unpaired) electrons. The summed E-state index contributed by atoms with van der Waals surface area (Å²) in [7, 11) is 0. The van der Waals surface area contributed by atoms with Gasteiger partial charge < -0.3 is 15.5 Å². The Morgan fingerprint density at radius 1 is 1.37 bits per heavy atom. The molecule has 0 saturated carbocycles. The Balaban J connectivity index is 2.19. The molecule has 1 fully saturated rings. The molecule has 110 valence electrons. The zero-order valence-corrected chi connectivity index (χ0v) is 12.6. The molecule has 0 aromatic heterocycles. The van der Waals surface area contributed by atoms with E-state index in [2.05, 4.69) is 24.5 Å². The lowest BCUT2D eigenvalue weighted by molar-refractivity contribution is -0.121. The van der Waals surface area contributed by atoms with Crippen molar-refractivity contribution < 1.29 is 9.59 Å². The van der Waals surface area contributed by atoms with Gasteiger partial charge >= 0.3 is 6.03 Å². The molecule has 0 aromatic carbocycles. The minimum atomic E-state index is -0.0538. The highest BCUT2D eigenvalue weighted by molar-refractivity contribution is 5.78. The molecule has 19 heavy (non-hydrogen) atoms. The normalized spacial score (nSPS) is 19.1. The van der Waals surface area contributed by atoms with Crippen LogP contribution in [0.4, 0.5) is 4.79 Å². The van der Waals surface area contributed by atoms with Gasteiger partial charge in [0.25, 0.3) is 0 Å². The molecule has 1 saturated heterocycles.